The van der Waals surface area contributed by atoms with Crippen molar-refractivity contribution < 1.29 is 23.9 Å². The highest BCUT2D eigenvalue weighted by atomic mass is 19.1. The van der Waals surface area contributed by atoms with Crippen molar-refractivity contribution in [3.8, 4) is 0 Å². The largest absolute Gasteiger partial charge is 0.391 e. The van der Waals surface area contributed by atoms with Crippen molar-refractivity contribution in [3.05, 3.63) is 48.7 Å². The summed E-state index contributed by atoms with van der Waals surface area (Å²) in [4.78, 5) is 48.0. The Morgan fingerprint density at radius 1 is 1.13 bits per heavy atom. The van der Waals surface area contributed by atoms with E-state index in [2.05, 4.69) is 20.6 Å². The van der Waals surface area contributed by atoms with Crippen LogP contribution in [0.15, 0.2) is 43.1 Å². The number of hydrogen-bond acceptors (Lipinski definition) is 7. The number of likely N-dealkylation sites (tertiary alicyclic amines) is 1. The number of fused-ring (bicyclic) bond motifs is 1. The SMILES string of the molecule is CC(=O)c1cn(CC(=O)N2CC(F)CC2C(=O)NC2CCCCC2O)c2ccc(Nc3cncnc3)cc12. The molecule has 2 aromatic heterocycles. The van der Waals surface area contributed by atoms with Crippen molar-refractivity contribution in [2.24, 2.45) is 0 Å². The minimum absolute atomic E-state index is 0.0796. The third-order valence-corrected chi connectivity index (χ3v) is 7.35. The van der Waals surface area contributed by atoms with Crippen LogP contribution in [-0.4, -0.2) is 73.0 Å². The van der Waals surface area contributed by atoms with E-state index in [9.17, 15) is 23.9 Å². The summed E-state index contributed by atoms with van der Waals surface area (Å²) in [6.07, 6.45) is 7.35. The van der Waals surface area contributed by atoms with Crippen LogP contribution in [0, 0.1) is 0 Å². The number of halogens is 1. The van der Waals surface area contributed by atoms with Gasteiger partial charge < -0.3 is 25.2 Å². The number of aromatic nitrogens is 3. The lowest BCUT2D eigenvalue weighted by Gasteiger charge is -2.31. The van der Waals surface area contributed by atoms with Gasteiger partial charge in [0.05, 0.1) is 36.8 Å². The van der Waals surface area contributed by atoms with Gasteiger partial charge in [0, 0.05) is 34.8 Å². The van der Waals surface area contributed by atoms with Crippen LogP contribution in [0.1, 0.15) is 49.4 Å². The average molecular weight is 523 g/mol. The fourth-order valence-electron chi connectivity index (χ4n) is 5.42. The first kappa shape index (κ1) is 25.8. The van der Waals surface area contributed by atoms with E-state index in [1.807, 2.05) is 12.1 Å². The van der Waals surface area contributed by atoms with E-state index in [1.54, 1.807) is 29.2 Å². The summed E-state index contributed by atoms with van der Waals surface area (Å²) in [6.45, 7) is 1.14. The number of aliphatic hydroxyl groups is 1. The summed E-state index contributed by atoms with van der Waals surface area (Å²) in [6, 6.07) is 4.12. The number of alkyl halides is 1. The number of rotatable bonds is 7. The van der Waals surface area contributed by atoms with Crippen LogP contribution in [0.2, 0.25) is 0 Å². The Labute approximate surface area is 219 Å². The number of nitrogens with zero attached hydrogens (tertiary/aromatic N) is 4. The molecule has 1 saturated heterocycles. The molecule has 0 radical (unpaired) electrons. The van der Waals surface area contributed by atoms with Crippen LogP contribution in [0.25, 0.3) is 10.9 Å². The van der Waals surface area contributed by atoms with E-state index < -0.39 is 30.1 Å². The van der Waals surface area contributed by atoms with Crippen molar-refractivity contribution >= 4 is 39.9 Å². The maximum absolute atomic E-state index is 14.4. The highest BCUT2D eigenvalue weighted by molar-refractivity contribution is 6.08. The second-order valence-corrected chi connectivity index (χ2v) is 10.1. The molecule has 2 aliphatic rings. The van der Waals surface area contributed by atoms with E-state index in [0.717, 1.165) is 18.5 Å². The number of ketones is 1. The monoisotopic (exact) mass is 522 g/mol. The number of carbonyl (C=O) groups is 3. The second kappa shape index (κ2) is 10.9. The Bertz CT molecular complexity index is 1350. The summed E-state index contributed by atoms with van der Waals surface area (Å²) in [5.74, 6) is -1.01. The molecule has 1 aliphatic heterocycles. The molecule has 10 nitrogen and oxygen atoms in total. The number of anilines is 2. The van der Waals surface area contributed by atoms with Gasteiger partial charge in [0.15, 0.2) is 5.78 Å². The lowest BCUT2D eigenvalue weighted by Crippen LogP contribution is -2.52. The van der Waals surface area contributed by atoms with Gasteiger partial charge in [-0.15, -0.1) is 0 Å². The van der Waals surface area contributed by atoms with Gasteiger partial charge in [-0.05, 0) is 38.0 Å². The predicted octanol–water partition coefficient (Wildman–Crippen LogP) is 2.74. The Kier molecular flexibility index (Phi) is 7.37. The lowest BCUT2D eigenvalue weighted by atomic mass is 9.92. The number of amides is 2. The summed E-state index contributed by atoms with van der Waals surface area (Å²) in [5.41, 5.74) is 2.53. The number of Topliss-reactive ketones (excluding diaryl/α,β-unsaturated/α-hetero) is 1. The molecule has 200 valence electrons. The molecule has 1 aliphatic carbocycles. The highest BCUT2D eigenvalue weighted by Gasteiger charge is 2.41. The fraction of sp³-hybridized carbons (Fsp3) is 0.444. The first-order chi connectivity index (χ1) is 18.3. The molecule has 4 atom stereocenters. The molecule has 0 bridgehead atoms. The van der Waals surface area contributed by atoms with Gasteiger partial charge in [0.2, 0.25) is 11.8 Å². The number of carbonyl (C=O) groups excluding carboxylic acids is 3. The van der Waals surface area contributed by atoms with Crippen LogP contribution >= 0.6 is 0 Å². The Morgan fingerprint density at radius 3 is 2.63 bits per heavy atom. The first-order valence-electron chi connectivity index (χ1n) is 12.9. The van der Waals surface area contributed by atoms with Gasteiger partial charge in [-0.25, -0.2) is 14.4 Å². The van der Waals surface area contributed by atoms with Gasteiger partial charge >= 0.3 is 0 Å². The quantitative estimate of drug-likeness (QED) is 0.407. The molecular weight excluding hydrogens is 491 g/mol. The van der Waals surface area contributed by atoms with E-state index >= 15 is 0 Å². The van der Waals surface area contributed by atoms with Gasteiger partial charge in [-0.1, -0.05) is 12.8 Å². The third-order valence-electron chi connectivity index (χ3n) is 7.35. The van der Waals surface area contributed by atoms with Gasteiger partial charge in [0.25, 0.3) is 0 Å². The maximum Gasteiger partial charge on any atom is 0.243 e. The van der Waals surface area contributed by atoms with Gasteiger partial charge in [-0.3, -0.25) is 14.4 Å². The first-order valence-corrected chi connectivity index (χ1v) is 12.9. The second-order valence-electron chi connectivity index (χ2n) is 10.1. The average Bonchev–Trinajstić information content (AvgIpc) is 3.46. The lowest BCUT2D eigenvalue weighted by molar-refractivity contribution is -0.139. The molecule has 3 heterocycles. The molecule has 38 heavy (non-hydrogen) atoms. The smallest absolute Gasteiger partial charge is 0.243 e. The Hall–Kier alpha value is -3.86. The van der Waals surface area contributed by atoms with Crippen LogP contribution < -0.4 is 10.6 Å². The molecule has 11 heteroatoms. The van der Waals surface area contributed by atoms with Crippen LogP contribution in [0.4, 0.5) is 15.8 Å². The van der Waals surface area contributed by atoms with Crippen molar-refractivity contribution in [3.63, 3.8) is 0 Å². The Morgan fingerprint density at radius 2 is 1.89 bits per heavy atom. The molecule has 2 fully saturated rings. The molecule has 5 rings (SSSR count). The van der Waals surface area contributed by atoms with Crippen molar-refractivity contribution in [1.29, 1.82) is 0 Å². The van der Waals surface area contributed by atoms with Crippen molar-refractivity contribution in [1.82, 2.24) is 24.8 Å². The van der Waals surface area contributed by atoms with E-state index in [-0.39, 0.29) is 31.3 Å². The van der Waals surface area contributed by atoms with Crippen LogP contribution in [0.5, 0.6) is 0 Å². The molecule has 3 N–H and O–H groups in total. The summed E-state index contributed by atoms with van der Waals surface area (Å²) in [5, 5.41) is 16.9. The zero-order valence-electron chi connectivity index (χ0n) is 21.1. The Balaban J connectivity index is 1.35. The summed E-state index contributed by atoms with van der Waals surface area (Å²) in [7, 11) is 0. The molecule has 1 saturated carbocycles. The zero-order valence-corrected chi connectivity index (χ0v) is 21.1. The number of aliphatic hydroxyl groups excluding tert-OH is 1. The minimum Gasteiger partial charge on any atom is -0.391 e. The van der Waals surface area contributed by atoms with E-state index in [4.69, 9.17) is 0 Å². The van der Waals surface area contributed by atoms with Crippen molar-refractivity contribution in [2.75, 3.05) is 11.9 Å². The molecule has 3 aromatic rings. The number of hydrogen-bond donors (Lipinski definition) is 3. The highest BCUT2D eigenvalue weighted by Crippen LogP contribution is 2.28. The molecular formula is C27H31FN6O4. The maximum atomic E-state index is 14.4. The van der Waals surface area contributed by atoms with Gasteiger partial charge in [0.1, 0.15) is 25.1 Å². The van der Waals surface area contributed by atoms with Crippen molar-refractivity contribution in [2.45, 2.75) is 69.9 Å². The van der Waals surface area contributed by atoms with Crippen LogP contribution in [0.3, 0.4) is 0 Å². The normalized spacial score (nSPS) is 23.4. The predicted molar refractivity (Wildman–Crippen MR) is 139 cm³/mol. The molecule has 1 aromatic carbocycles. The van der Waals surface area contributed by atoms with Gasteiger partial charge in [-0.2, -0.15) is 0 Å². The summed E-state index contributed by atoms with van der Waals surface area (Å²) < 4.78 is 16.1. The number of nitrogens with one attached hydrogen (secondary N) is 2. The summed E-state index contributed by atoms with van der Waals surface area (Å²) >= 11 is 0. The van der Waals surface area contributed by atoms with Crippen LogP contribution in [-0.2, 0) is 16.1 Å². The van der Waals surface area contributed by atoms with E-state index in [0.29, 0.717) is 35.0 Å². The minimum atomic E-state index is -1.31. The molecule has 2 amide bonds. The standard InChI is InChI=1S/C27H31FN6O4/c1-16(35)21-13-33(23-7-6-18(9-20(21)23)31-19-10-29-15-30-11-19)14-26(37)34-12-17(28)8-24(34)27(38)32-22-4-2-3-5-25(22)36/h6-7,9-11,13,15,17,22,24-25,31,36H,2-5,8,12,14H2,1H3,(H,32,38). The topological polar surface area (TPSA) is 129 Å². The fourth-order valence-corrected chi connectivity index (χ4v) is 5.42. The number of benzene rings is 1. The zero-order chi connectivity index (χ0) is 26.8. The van der Waals surface area contributed by atoms with E-state index in [1.165, 1.54) is 18.2 Å². The molecule has 0 spiro atoms. The third kappa shape index (κ3) is 5.38. The molecule has 4 unspecified atom stereocenters.